The summed E-state index contributed by atoms with van der Waals surface area (Å²) >= 11 is 3.50. The third-order valence-electron chi connectivity index (χ3n) is 3.50. The van der Waals surface area contributed by atoms with Gasteiger partial charge >= 0.3 is 0 Å². The number of carbonyl (C=O) groups excluding carboxylic acids is 1. The molecule has 23 heavy (non-hydrogen) atoms. The highest BCUT2D eigenvalue weighted by molar-refractivity contribution is 9.10. The van der Waals surface area contributed by atoms with Gasteiger partial charge in [-0.05, 0) is 30.3 Å². The van der Waals surface area contributed by atoms with Gasteiger partial charge in [0.05, 0.1) is 0 Å². The maximum absolute atomic E-state index is 12.3. The van der Waals surface area contributed by atoms with Crippen LogP contribution in [0.1, 0.15) is 21.5 Å². The number of hydrogen-bond donors (Lipinski definition) is 0. The highest BCUT2D eigenvalue weighted by atomic mass is 79.9. The van der Waals surface area contributed by atoms with Crippen molar-refractivity contribution in [2.75, 3.05) is 0 Å². The van der Waals surface area contributed by atoms with Crippen molar-refractivity contribution < 1.29 is 9.53 Å². The molecule has 3 aromatic carbocycles. The van der Waals surface area contributed by atoms with Crippen LogP contribution in [0.15, 0.2) is 83.3 Å². The third-order valence-corrected chi connectivity index (χ3v) is 4.28. The molecule has 0 heterocycles. The first-order valence-corrected chi connectivity index (χ1v) is 8.09. The standard InChI is InChI=1S/C20H15BrO2/c21-19-9-5-4-8-17(19)14-23-18-12-10-16(11-13-18)20(22)15-6-2-1-3-7-15/h1-13H,14H2. The predicted molar refractivity (Wildman–Crippen MR) is 94.8 cm³/mol. The van der Waals surface area contributed by atoms with E-state index in [1.807, 2.05) is 66.7 Å². The van der Waals surface area contributed by atoms with Gasteiger partial charge in [-0.2, -0.15) is 0 Å². The van der Waals surface area contributed by atoms with Crippen molar-refractivity contribution in [3.63, 3.8) is 0 Å². The summed E-state index contributed by atoms with van der Waals surface area (Å²) in [5.74, 6) is 0.758. The second-order valence-corrected chi connectivity index (χ2v) is 5.95. The lowest BCUT2D eigenvalue weighted by atomic mass is 10.0. The third kappa shape index (κ3) is 3.88. The fraction of sp³-hybridized carbons (Fsp3) is 0.0500. The van der Waals surface area contributed by atoms with Gasteiger partial charge in [-0.15, -0.1) is 0 Å². The van der Waals surface area contributed by atoms with Gasteiger partial charge in [-0.1, -0.05) is 64.5 Å². The molecule has 0 atom stereocenters. The van der Waals surface area contributed by atoms with Crippen molar-refractivity contribution in [3.05, 3.63) is 100 Å². The van der Waals surface area contributed by atoms with Crippen LogP contribution >= 0.6 is 15.9 Å². The lowest BCUT2D eigenvalue weighted by Crippen LogP contribution is -2.01. The molecule has 0 aliphatic heterocycles. The quantitative estimate of drug-likeness (QED) is 0.575. The van der Waals surface area contributed by atoms with Gasteiger partial charge in [0.15, 0.2) is 5.78 Å². The molecule has 0 N–H and O–H groups in total. The van der Waals surface area contributed by atoms with E-state index in [1.165, 1.54) is 0 Å². The van der Waals surface area contributed by atoms with E-state index in [9.17, 15) is 4.79 Å². The largest absolute Gasteiger partial charge is 0.489 e. The summed E-state index contributed by atoms with van der Waals surface area (Å²) in [5.41, 5.74) is 2.43. The Morgan fingerprint density at radius 2 is 1.39 bits per heavy atom. The molecule has 0 spiro atoms. The van der Waals surface area contributed by atoms with E-state index in [1.54, 1.807) is 12.1 Å². The van der Waals surface area contributed by atoms with Crippen molar-refractivity contribution >= 4 is 21.7 Å². The molecule has 0 fully saturated rings. The second-order valence-electron chi connectivity index (χ2n) is 5.10. The summed E-state index contributed by atoms with van der Waals surface area (Å²) < 4.78 is 6.80. The van der Waals surface area contributed by atoms with Gasteiger partial charge < -0.3 is 4.74 Å². The Balaban J connectivity index is 1.68. The molecule has 0 radical (unpaired) electrons. The number of rotatable bonds is 5. The lowest BCUT2D eigenvalue weighted by molar-refractivity contribution is 0.103. The fourth-order valence-electron chi connectivity index (χ4n) is 2.24. The predicted octanol–water partition coefficient (Wildman–Crippen LogP) is 5.26. The van der Waals surface area contributed by atoms with E-state index in [4.69, 9.17) is 4.74 Å². The second kappa shape index (κ2) is 7.25. The molecule has 2 nitrogen and oxygen atoms in total. The van der Waals surface area contributed by atoms with E-state index < -0.39 is 0 Å². The first-order chi connectivity index (χ1) is 11.2. The minimum atomic E-state index is 0.0166. The first kappa shape index (κ1) is 15.5. The Morgan fingerprint density at radius 3 is 2.09 bits per heavy atom. The maximum atomic E-state index is 12.3. The van der Waals surface area contributed by atoms with Crippen LogP contribution in [0.5, 0.6) is 5.75 Å². The molecule has 114 valence electrons. The molecule has 0 unspecified atom stereocenters. The van der Waals surface area contributed by atoms with Crippen LogP contribution < -0.4 is 4.74 Å². The van der Waals surface area contributed by atoms with Crippen LogP contribution in [-0.2, 0) is 6.61 Å². The molecule has 0 aromatic heterocycles. The molecule has 0 amide bonds. The monoisotopic (exact) mass is 366 g/mol. The van der Waals surface area contributed by atoms with Crippen molar-refractivity contribution in [2.24, 2.45) is 0 Å². The van der Waals surface area contributed by atoms with Crippen molar-refractivity contribution in [3.8, 4) is 5.75 Å². The number of carbonyl (C=O) groups is 1. The number of ether oxygens (including phenoxy) is 1. The number of hydrogen-bond acceptors (Lipinski definition) is 2. The van der Waals surface area contributed by atoms with Crippen LogP contribution in [0.3, 0.4) is 0 Å². The van der Waals surface area contributed by atoms with Crippen LogP contribution in [0.25, 0.3) is 0 Å². The van der Waals surface area contributed by atoms with E-state index in [0.29, 0.717) is 17.7 Å². The Labute approximate surface area is 143 Å². The Morgan fingerprint density at radius 1 is 0.783 bits per heavy atom. The van der Waals surface area contributed by atoms with Gasteiger partial charge in [0.25, 0.3) is 0 Å². The summed E-state index contributed by atoms with van der Waals surface area (Å²) in [6.45, 7) is 0.480. The molecule has 0 aliphatic rings. The summed E-state index contributed by atoms with van der Waals surface area (Å²) in [6, 6.07) is 24.5. The topological polar surface area (TPSA) is 26.3 Å². The van der Waals surface area contributed by atoms with E-state index >= 15 is 0 Å². The first-order valence-electron chi connectivity index (χ1n) is 7.30. The van der Waals surface area contributed by atoms with Gasteiger partial charge in [-0.25, -0.2) is 0 Å². The van der Waals surface area contributed by atoms with Gasteiger partial charge in [0.1, 0.15) is 12.4 Å². The molecular weight excluding hydrogens is 352 g/mol. The maximum Gasteiger partial charge on any atom is 0.193 e. The van der Waals surface area contributed by atoms with Crippen molar-refractivity contribution in [1.82, 2.24) is 0 Å². The molecule has 3 rings (SSSR count). The number of benzene rings is 3. The van der Waals surface area contributed by atoms with Crippen LogP contribution in [0, 0.1) is 0 Å². The van der Waals surface area contributed by atoms with Crippen LogP contribution in [0.4, 0.5) is 0 Å². The summed E-state index contributed by atoms with van der Waals surface area (Å²) in [4.78, 5) is 12.3. The average Bonchev–Trinajstić information content (AvgIpc) is 2.62. The van der Waals surface area contributed by atoms with E-state index in [0.717, 1.165) is 15.8 Å². The highest BCUT2D eigenvalue weighted by Crippen LogP contribution is 2.20. The van der Waals surface area contributed by atoms with Gasteiger partial charge in [-0.3, -0.25) is 4.79 Å². The van der Waals surface area contributed by atoms with Crippen molar-refractivity contribution in [2.45, 2.75) is 6.61 Å². The van der Waals surface area contributed by atoms with E-state index in [-0.39, 0.29) is 5.78 Å². The Bertz CT molecular complexity index is 795. The number of ketones is 1. The van der Waals surface area contributed by atoms with Gasteiger partial charge in [0, 0.05) is 21.2 Å². The minimum absolute atomic E-state index is 0.0166. The zero-order chi connectivity index (χ0) is 16.1. The molecule has 0 bridgehead atoms. The smallest absolute Gasteiger partial charge is 0.193 e. The lowest BCUT2D eigenvalue weighted by Gasteiger charge is -2.08. The molecule has 0 aliphatic carbocycles. The van der Waals surface area contributed by atoms with E-state index in [2.05, 4.69) is 15.9 Å². The molecule has 0 saturated heterocycles. The normalized spacial score (nSPS) is 10.3. The van der Waals surface area contributed by atoms with Crippen molar-refractivity contribution in [1.29, 1.82) is 0 Å². The zero-order valence-electron chi connectivity index (χ0n) is 12.4. The van der Waals surface area contributed by atoms with Crippen LogP contribution in [-0.4, -0.2) is 5.78 Å². The fourth-order valence-corrected chi connectivity index (χ4v) is 2.63. The molecule has 3 heteroatoms. The Hall–Kier alpha value is -2.39. The highest BCUT2D eigenvalue weighted by Gasteiger charge is 2.08. The molecule has 3 aromatic rings. The summed E-state index contributed by atoms with van der Waals surface area (Å²) in [6.07, 6.45) is 0. The SMILES string of the molecule is O=C(c1ccccc1)c1ccc(OCc2ccccc2Br)cc1. The zero-order valence-corrected chi connectivity index (χ0v) is 14.0. The number of halogens is 1. The van der Waals surface area contributed by atoms with Gasteiger partial charge in [0.2, 0.25) is 0 Å². The van der Waals surface area contributed by atoms with Crippen LogP contribution in [0.2, 0.25) is 0 Å². The summed E-state index contributed by atoms with van der Waals surface area (Å²) in [7, 11) is 0. The summed E-state index contributed by atoms with van der Waals surface area (Å²) in [5, 5.41) is 0. The molecule has 0 saturated carbocycles. The Kier molecular flexibility index (Phi) is 4.89. The molecular formula is C20H15BrO2. The average molecular weight is 367 g/mol. The minimum Gasteiger partial charge on any atom is -0.489 e.